The molecule has 2 unspecified atom stereocenters. The molecule has 0 bridgehead atoms. The second-order valence-corrected chi connectivity index (χ2v) is 7.94. The highest BCUT2D eigenvalue weighted by atomic mass is 32.1. The standard InChI is InChI=1S/C18H27N5O2S/c1-5-8-23(13-6-7-19-10-13)17(25)12(3)20-16(24)15-9-14-11(2)21-22(4)18(14)26-15/h9,12-13,19H,5-8,10H2,1-4H3,(H,20,24). The van der Waals surface area contributed by atoms with Gasteiger partial charge in [0.1, 0.15) is 10.9 Å². The van der Waals surface area contributed by atoms with Gasteiger partial charge in [0.2, 0.25) is 5.91 Å². The summed E-state index contributed by atoms with van der Waals surface area (Å²) in [4.78, 5) is 29.0. The fourth-order valence-electron chi connectivity index (χ4n) is 3.51. The van der Waals surface area contributed by atoms with Crippen molar-refractivity contribution in [3.63, 3.8) is 0 Å². The lowest BCUT2D eigenvalue weighted by Crippen LogP contribution is -2.51. The first-order valence-corrected chi connectivity index (χ1v) is 9.99. The quantitative estimate of drug-likeness (QED) is 0.802. The van der Waals surface area contributed by atoms with Crippen LogP contribution in [0.25, 0.3) is 10.2 Å². The zero-order chi connectivity index (χ0) is 18.8. The van der Waals surface area contributed by atoms with Gasteiger partial charge in [-0.05, 0) is 39.3 Å². The number of carbonyl (C=O) groups is 2. The summed E-state index contributed by atoms with van der Waals surface area (Å²) in [5, 5.41) is 11.5. The van der Waals surface area contributed by atoms with Gasteiger partial charge in [-0.3, -0.25) is 14.3 Å². The Bertz CT molecular complexity index is 771. The summed E-state index contributed by atoms with van der Waals surface area (Å²) in [6.45, 7) is 8.26. The first-order chi connectivity index (χ1) is 12.4. The number of aromatic nitrogens is 2. The fourth-order valence-corrected chi connectivity index (χ4v) is 4.54. The van der Waals surface area contributed by atoms with Gasteiger partial charge in [0, 0.05) is 31.6 Å². The summed E-state index contributed by atoms with van der Waals surface area (Å²) in [5.41, 5.74) is 0.907. The second-order valence-electron chi connectivity index (χ2n) is 6.91. The van der Waals surface area contributed by atoms with E-state index < -0.39 is 6.04 Å². The molecule has 2 aromatic rings. The normalized spacial score (nSPS) is 18.2. The van der Waals surface area contributed by atoms with Crippen LogP contribution in [-0.2, 0) is 11.8 Å². The number of carbonyl (C=O) groups excluding carboxylic acids is 2. The predicted molar refractivity (Wildman–Crippen MR) is 104 cm³/mol. The molecule has 1 saturated heterocycles. The lowest BCUT2D eigenvalue weighted by atomic mass is 10.1. The minimum Gasteiger partial charge on any atom is -0.340 e. The van der Waals surface area contributed by atoms with Gasteiger partial charge in [-0.25, -0.2) is 0 Å². The van der Waals surface area contributed by atoms with E-state index in [2.05, 4.69) is 22.7 Å². The van der Waals surface area contributed by atoms with Crippen LogP contribution in [0.15, 0.2) is 6.07 Å². The molecule has 26 heavy (non-hydrogen) atoms. The molecule has 0 radical (unpaired) electrons. The summed E-state index contributed by atoms with van der Waals surface area (Å²) in [7, 11) is 1.87. The van der Waals surface area contributed by atoms with E-state index in [1.165, 1.54) is 11.3 Å². The summed E-state index contributed by atoms with van der Waals surface area (Å²) in [6, 6.07) is 1.54. The average Bonchev–Trinajstić information content (AvgIpc) is 3.32. The maximum Gasteiger partial charge on any atom is 0.262 e. The maximum absolute atomic E-state index is 12.9. The number of hydrogen-bond donors (Lipinski definition) is 2. The molecule has 3 rings (SSSR count). The van der Waals surface area contributed by atoms with Crippen LogP contribution in [0.4, 0.5) is 0 Å². The van der Waals surface area contributed by atoms with Crippen molar-refractivity contribution in [2.75, 3.05) is 19.6 Å². The number of thiophene rings is 1. The van der Waals surface area contributed by atoms with E-state index in [0.717, 1.165) is 48.4 Å². The Labute approximate surface area is 157 Å². The van der Waals surface area contributed by atoms with Crippen molar-refractivity contribution in [1.82, 2.24) is 25.3 Å². The van der Waals surface area contributed by atoms with Crippen molar-refractivity contribution < 1.29 is 9.59 Å². The smallest absolute Gasteiger partial charge is 0.262 e. The molecule has 1 aliphatic heterocycles. The third kappa shape index (κ3) is 3.61. The summed E-state index contributed by atoms with van der Waals surface area (Å²) in [5.74, 6) is -0.208. The van der Waals surface area contributed by atoms with E-state index in [4.69, 9.17) is 0 Å². The lowest BCUT2D eigenvalue weighted by Gasteiger charge is -2.31. The third-order valence-corrected chi connectivity index (χ3v) is 6.06. The van der Waals surface area contributed by atoms with Crippen molar-refractivity contribution >= 4 is 33.4 Å². The van der Waals surface area contributed by atoms with Crippen molar-refractivity contribution in [2.45, 2.75) is 45.7 Å². The molecule has 1 aliphatic rings. The molecule has 3 heterocycles. The molecular weight excluding hydrogens is 350 g/mol. The molecule has 0 aromatic carbocycles. The molecule has 2 atom stereocenters. The Kier molecular flexibility index (Phi) is 5.62. The minimum atomic E-state index is -0.543. The average molecular weight is 378 g/mol. The third-order valence-electron chi connectivity index (χ3n) is 4.86. The van der Waals surface area contributed by atoms with E-state index in [1.807, 2.05) is 24.9 Å². The van der Waals surface area contributed by atoms with Gasteiger partial charge in [0.15, 0.2) is 0 Å². The first kappa shape index (κ1) is 18.8. The Morgan fingerprint density at radius 3 is 2.92 bits per heavy atom. The molecule has 2 aromatic heterocycles. The minimum absolute atomic E-state index is 0.00661. The van der Waals surface area contributed by atoms with Gasteiger partial charge >= 0.3 is 0 Å². The molecule has 7 nitrogen and oxygen atoms in total. The fraction of sp³-hybridized carbons (Fsp3) is 0.611. The number of nitrogens with one attached hydrogen (secondary N) is 2. The number of amides is 2. The van der Waals surface area contributed by atoms with Gasteiger partial charge in [-0.2, -0.15) is 5.10 Å². The van der Waals surface area contributed by atoms with E-state index in [1.54, 1.807) is 11.6 Å². The van der Waals surface area contributed by atoms with Crippen molar-refractivity contribution in [3.05, 3.63) is 16.6 Å². The number of rotatable bonds is 6. The molecule has 0 spiro atoms. The topological polar surface area (TPSA) is 79.3 Å². The van der Waals surface area contributed by atoms with Crippen molar-refractivity contribution in [3.8, 4) is 0 Å². The highest BCUT2D eigenvalue weighted by molar-refractivity contribution is 7.20. The Morgan fingerprint density at radius 1 is 1.54 bits per heavy atom. The molecule has 0 aliphatic carbocycles. The SMILES string of the molecule is CCCN(C(=O)C(C)NC(=O)c1cc2c(C)nn(C)c2s1)C1CCNC1. The van der Waals surface area contributed by atoms with Gasteiger partial charge in [-0.15, -0.1) is 11.3 Å². The number of nitrogens with zero attached hydrogens (tertiary/aromatic N) is 3. The van der Waals surface area contributed by atoms with Crippen LogP contribution in [0.1, 0.15) is 42.1 Å². The summed E-state index contributed by atoms with van der Waals surface area (Å²) in [6.07, 6.45) is 1.88. The van der Waals surface area contributed by atoms with Crippen LogP contribution in [0, 0.1) is 6.92 Å². The highest BCUT2D eigenvalue weighted by Gasteiger charge is 2.30. The van der Waals surface area contributed by atoms with Crippen LogP contribution < -0.4 is 10.6 Å². The van der Waals surface area contributed by atoms with E-state index in [-0.39, 0.29) is 17.9 Å². The molecular formula is C18H27N5O2S. The molecule has 1 fully saturated rings. The van der Waals surface area contributed by atoms with Crippen LogP contribution in [0.5, 0.6) is 0 Å². The van der Waals surface area contributed by atoms with Gasteiger partial charge < -0.3 is 15.5 Å². The van der Waals surface area contributed by atoms with Crippen LogP contribution in [-0.4, -0.2) is 58.2 Å². The molecule has 0 saturated carbocycles. The molecule has 2 N–H and O–H groups in total. The second kappa shape index (κ2) is 7.75. The Hall–Kier alpha value is -1.93. The zero-order valence-corrected chi connectivity index (χ0v) is 16.7. The number of hydrogen-bond acceptors (Lipinski definition) is 5. The van der Waals surface area contributed by atoms with Crippen molar-refractivity contribution in [1.29, 1.82) is 0 Å². The van der Waals surface area contributed by atoms with Crippen LogP contribution in [0.3, 0.4) is 0 Å². The predicted octanol–water partition coefficient (Wildman–Crippen LogP) is 1.66. The van der Waals surface area contributed by atoms with Gasteiger partial charge in [0.25, 0.3) is 5.91 Å². The van der Waals surface area contributed by atoms with E-state index >= 15 is 0 Å². The first-order valence-electron chi connectivity index (χ1n) is 9.17. The Morgan fingerprint density at radius 2 is 2.31 bits per heavy atom. The lowest BCUT2D eigenvalue weighted by molar-refractivity contribution is -0.134. The molecule has 2 amide bonds. The van der Waals surface area contributed by atoms with Gasteiger partial charge in [-0.1, -0.05) is 6.92 Å². The summed E-state index contributed by atoms with van der Waals surface area (Å²) < 4.78 is 1.79. The highest BCUT2D eigenvalue weighted by Crippen LogP contribution is 2.27. The van der Waals surface area contributed by atoms with E-state index in [9.17, 15) is 9.59 Å². The van der Waals surface area contributed by atoms with Gasteiger partial charge in [0.05, 0.1) is 10.6 Å². The molecule has 8 heteroatoms. The zero-order valence-electron chi connectivity index (χ0n) is 15.8. The monoisotopic (exact) mass is 377 g/mol. The van der Waals surface area contributed by atoms with Crippen molar-refractivity contribution in [2.24, 2.45) is 7.05 Å². The van der Waals surface area contributed by atoms with Crippen LogP contribution >= 0.6 is 11.3 Å². The largest absolute Gasteiger partial charge is 0.340 e. The Balaban J connectivity index is 1.70. The maximum atomic E-state index is 12.9. The number of aryl methyl sites for hydroxylation is 2. The van der Waals surface area contributed by atoms with Crippen LogP contribution in [0.2, 0.25) is 0 Å². The molecule has 142 valence electrons. The number of fused-ring (bicyclic) bond motifs is 1. The summed E-state index contributed by atoms with van der Waals surface area (Å²) >= 11 is 1.40. The van der Waals surface area contributed by atoms with E-state index in [0.29, 0.717) is 4.88 Å².